The Balaban J connectivity index is 0.000000191. The topological polar surface area (TPSA) is 43.4 Å². The maximum absolute atomic E-state index is 10.1. The van der Waals surface area contributed by atoms with Gasteiger partial charge in [0.25, 0.3) is 0 Å². The highest BCUT2D eigenvalue weighted by Crippen LogP contribution is 2.14. The van der Waals surface area contributed by atoms with Gasteiger partial charge in [0.1, 0.15) is 11.8 Å². The van der Waals surface area contributed by atoms with E-state index in [4.69, 9.17) is 0 Å². The molecule has 0 aliphatic carbocycles. The van der Waals surface area contributed by atoms with Crippen LogP contribution in [0.5, 0.6) is 0 Å². The molecule has 0 fully saturated rings. The number of carbonyl (C=O) groups excluding carboxylic acids is 1. The van der Waals surface area contributed by atoms with Gasteiger partial charge in [0.15, 0.2) is 0 Å². The summed E-state index contributed by atoms with van der Waals surface area (Å²) in [7, 11) is 6.49. The van der Waals surface area contributed by atoms with Crippen LogP contribution in [0.1, 0.15) is 0 Å². The van der Waals surface area contributed by atoms with Crippen LogP contribution in [0.4, 0.5) is 10.5 Å². The summed E-state index contributed by atoms with van der Waals surface area (Å²) in [5, 5.41) is 10.1. The first-order chi connectivity index (χ1) is 8.91. The molecule has 2 rings (SSSR count). The fourth-order valence-corrected chi connectivity index (χ4v) is 1.48. The molecule has 1 aliphatic rings. The normalized spacial score (nSPS) is 13.7. The Kier molecular flexibility index (Phi) is 5.33. The van der Waals surface area contributed by atoms with E-state index in [0.717, 1.165) is 9.38 Å². The molecule has 0 saturated heterocycles. The SMILES string of the molecule is C[N+](C)(C)c1ccccc1.O=C([O-])N1C=CC=CC1. The lowest BCUT2D eigenvalue weighted by atomic mass is 10.3. The van der Waals surface area contributed by atoms with Gasteiger partial charge in [-0.15, -0.1) is 0 Å². The maximum atomic E-state index is 10.1. The van der Waals surface area contributed by atoms with Gasteiger partial charge in [0.05, 0.1) is 21.1 Å². The molecule has 1 aliphatic heterocycles. The van der Waals surface area contributed by atoms with E-state index in [9.17, 15) is 9.90 Å². The van der Waals surface area contributed by atoms with Crippen molar-refractivity contribution < 1.29 is 9.90 Å². The molecule has 0 atom stereocenters. The van der Waals surface area contributed by atoms with Gasteiger partial charge in [0, 0.05) is 12.7 Å². The van der Waals surface area contributed by atoms with Crippen molar-refractivity contribution in [1.29, 1.82) is 0 Å². The Morgan fingerprint density at radius 3 is 2.11 bits per heavy atom. The quantitative estimate of drug-likeness (QED) is 0.720. The lowest BCUT2D eigenvalue weighted by Gasteiger charge is -2.22. The van der Waals surface area contributed by atoms with Crippen molar-refractivity contribution in [1.82, 2.24) is 9.38 Å². The number of nitrogens with zero attached hydrogens (tertiary/aromatic N) is 2. The summed E-state index contributed by atoms with van der Waals surface area (Å²) in [5.74, 6) is 0. The fourth-order valence-electron chi connectivity index (χ4n) is 1.48. The third kappa shape index (κ3) is 5.40. The number of amides is 1. The summed E-state index contributed by atoms with van der Waals surface area (Å²) in [5.41, 5.74) is 1.34. The third-order valence-corrected chi connectivity index (χ3v) is 2.58. The molecule has 0 aromatic heterocycles. The van der Waals surface area contributed by atoms with E-state index in [1.54, 1.807) is 18.2 Å². The maximum Gasteiger partial charge on any atom is 0.141 e. The van der Waals surface area contributed by atoms with E-state index < -0.39 is 6.09 Å². The number of para-hydroxylation sites is 1. The minimum absolute atomic E-state index is 0.402. The van der Waals surface area contributed by atoms with Crippen molar-refractivity contribution in [2.45, 2.75) is 0 Å². The molecule has 0 radical (unpaired) electrons. The molecule has 0 unspecified atom stereocenters. The largest absolute Gasteiger partial charge is 0.530 e. The number of carbonyl (C=O) groups is 1. The van der Waals surface area contributed by atoms with E-state index in [2.05, 4.69) is 45.4 Å². The minimum atomic E-state index is -1.16. The summed E-state index contributed by atoms with van der Waals surface area (Å²) in [6.45, 7) is 0.402. The predicted octanol–water partition coefficient (Wildman–Crippen LogP) is 1.60. The highest BCUT2D eigenvalue weighted by Gasteiger charge is 2.08. The van der Waals surface area contributed by atoms with Crippen molar-refractivity contribution in [2.75, 3.05) is 27.7 Å². The molecule has 4 heteroatoms. The van der Waals surface area contributed by atoms with Crippen molar-refractivity contribution in [2.24, 2.45) is 0 Å². The number of hydrogen-bond acceptors (Lipinski definition) is 2. The first-order valence-electron chi connectivity index (χ1n) is 6.09. The molecule has 102 valence electrons. The van der Waals surface area contributed by atoms with Crippen LogP contribution in [-0.4, -0.2) is 38.7 Å². The molecule has 1 aromatic carbocycles. The van der Waals surface area contributed by atoms with Gasteiger partial charge in [-0.2, -0.15) is 0 Å². The molecule has 1 aromatic rings. The second kappa shape index (κ2) is 6.75. The molecule has 0 N–H and O–H groups in total. The van der Waals surface area contributed by atoms with Gasteiger partial charge >= 0.3 is 0 Å². The van der Waals surface area contributed by atoms with E-state index >= 15 is 0 Å². The monoisotopic (exact) mass is 260 g/mol. The highest BCUT2D eigenvalue weighted by atomic mass is 16.4. The Bertz CT molecular complexity index is 459. The number of quaternary nitrogens is 1. The molecular weight excluding hydrogens is 240 g/mol. The summed E-state index contributed by atoms with van der Waals surface area (Å²) in [6, 6.07) is 10.5. The van der Waals surface area contributed by atoms with Crippen LogP contribution in [0.15, 0.2) is 54.8 Å². The van der Waals surface area contributed by atoms with Gasteiger partial charge < -0.3 is 14.8 Å². The van der Waals surface area contributed by atoms with E-state index in [1.165, 1.54) is 11.9 Å². The minimum Gasteiger partial charge on any atom is -0.530 e. The van der Waals surface area contributed by atoms with Crippen LogP contribution in [-0.2, 0) is 0 Å². The molecule has 1 heterocycles. The van der Waals surface area contributed by atoms with Crippen LogP contribution < -0.4 is 9.59 Å². The third-order valence-electron chi connectivity index (χ3n) is 2.58. The Labute approximate surface area is 114 Å². The van der Waals surface area contributed by atoms with Gasteiger partial charge in [0.2, 0.25) is 0 Å². The van der Waals surface area contributed by atoms with Gasteiger partial charge in [-0.1, -0.05) is 30.4 Å². The highest BCUT2D eigenvalue weighted by molar-refractivity contribution is 5.64. The molecule has 1 amide bonds. The standard InChI is InChI=1S/C9H14N.C6H7NO2/c1-10(2,3)9-7-5-4-6-8-9;8-6(9)7-4-2-1-3-5-7/h4-8H,1-3H3;1-4H,5H2,(H,8,9)/q+1;/p-1. The average Bonchev–Trinajstić information content (AvgIpc) is 2.40. The van der Waals surface area contributed by atoms with Crippen molar-refractivity contribution in [3.05, 3.63) is 54.8 Å². The van der Waals surface area contributed by atoms with Gasteiger partial charge in [-0.3, -0.25) is 4.48 Å². The van der Waals surface area contributed by atoms with Crippen LogP contribution in [0.2, 0.25) is 0 Å². The lowest BCUT2D eigenvalue weighted by molar-refractivity contribution is -0.261. The van der Waals surface area contributed by atoms with Crippen molar-refractivity contribution in [3.8, 4) is 0 Å². The van der Waals surface area contributed by atoms with E-state index in [1.807, 2.05) is 6.07 Å². The number of carboxylic acid groups (broad SMARTS) is 1. The van der Waals surface area contributed by atoms with E-state index in [0.29, 0.717) is 6.54 Å². The number of hydrogen-bond donors (Lipinski definition) is 0. The summed E-state index contributed by atoms with van der Waals surface area (Å²) >= 11 is 0. The smallest absolute Gasteiger partial charge is 0.141 e. The zero-order valence-corrected chi connectivity index (χ0v) is 11.6. The number of allylic oxidation sites excluding steroid dienone is 2. The molecular formula is C15H20N2O2. The van der Waals surface area contributed by atoms with Crippen molar-refractivity contribution >= 4 is 11.8 Å². The summed E-state index contributed by atoms with van der Waals surface area (Å²) in [6.07, 6.45) is 5.50. The second-order valence-electron chi connectivity index (χ2n) is 5.04. The lowest BCUT2D eigenvalue weighted by Crippen LogP contribution is -2.38. The van der Waals surface area contributed by atoms with Crippen LogP contribution >= 0.6 is 0 Å². The second-order valence-corrected chi connectivity index (χ2v) is 5.04. The average molecular weight is 260 g/mol. The number of benzene rings is 1. The predicted molar refractivity (Wildman–Crippen MR) is 76.4 cm³/mol. The van der Waals surface area contributed by atoms with Crippen LogP contribution in [0, 0.1) is 0 Å². The molecule has 0 saturated carbocycles. The molecule has 4 nitrogen and oxygen atoms in total. The molecule has 0 bridgehead atoms. The zero-order valence-electron chi connectivity index (χ0n) is 11.6. The fraction of sp³-hybridized carbons (Fsp3) is 0.267. The molecule has 0 spiro atoms. The van der Waals surface area contributed by atoms with Crippen LogP contribution in [0.3, 0.4) is 0 Å². The Morgan fingerprint density at radius 2 is 1.79 bits per heavy atom. The van der Waals surface area contributed by atoms with Gasteiger partial charge in [-0.25, -0.2) is 0 Å². The summed E-state index contributed by atoms with van der Waals surface area (Å²) in [4.78, 5) is 11.2. The van der Waals surface area contributed by atoms with E-state index in [-0.39, 0.29) is 0 Å². The Morgan fingerprint density at radius 1 is 1.16 bits per heavy atom. The number of rotatable bonds is 1. The first-order valence-corrected chi connectivity index (χ1v) is 6.09. The van der Waals surface area contributed by atoms with Crippen LogP contribution in [0.25, 0.3) is 0 Å². The molecule has 19 heavy (non-hydrogen) atoms. The summed E-state index contributed by atoms with van der Waals surface area (Å²) < 4.78 is 0.890. The van der Waals surface area contributed by atoms with Crippen molar-refractivity contribution in [3.63, 3.8) is 0 Å². The first kappa shape index (κ1) is 15.0. The van der Waals surface area contributed by atoms with Gasteiger partial charge in [-0.05, 0) is 18.2 Å². The zero-order chi connectivity index (χ0) is 14.3. The Hall–Kier alpha value is -2.07.